The standard InChI is InChI=1S/C13H9F3N2O/c14-8-2-1-3-9(6-8)17-13(19)18-10-4-5-11(15)12(16)7-10/h1-7H,(H2,17,18,19). The Morgan fingerprint density at radius 1 is 0.842 bits per heavy atom. The molecule has 0 saturated carbocycles. The van der Waals surface area contributed by atoms with E-state index in [-0.39, 0.29) is 11.4 Å². The molecule has 2 rings (SSSR count). The highest BCUT2D eigenvalue weighted by molar-refractivity contribution is 5.99. The minimum absolute atomic E-state index is 0.0906. The van der Waals surface area contributed by atoms with E-state index >= 15 is 0 Å². The summed E-state index contributed by atoms with van der Waals surface area (Å²) in [6.45, 7) is 0. The third kappa shape index (κ3) is 3.48. The predicted molar refractivity (Wildman–Crippen MR) is 65.4 cm³/mol. The molecule has 0 aliphatic rings. The van der Waals surface area contributed by atoms with Crippen LogP contribution in [0.5, 0.6) is 0 Å². The molecule has 0 aliphatic heterocycles. The highest BCUT2D eigenvalue weighted by atomic mass is 19.2. The third-order valence-corrected chi connectivity index (χ3v) is 2.26. The number of rotatable bonds is 2. The number of nitrogens with one attached hydrogen (secondary N) is 2. The average Bonchev–Trinajstić information content (AvgIpc) is 2.34. The predicted octanol–water partition coefficient (Wildman–Crippen LogP) is 3.75. The fourth-order valence-corrected chi connectivity index (χ4v) is 1.43. The van der Waals surface area contributed by atoms with Gasteiger partial charge in [-0.15, -0.1) is 0 Å². The smallest absolute Gasteiger partial charge is 0.308 e. The van der Waals surface area contributed by atoms with Gasteiger partial charge in [0.25, 0.3) is 0 Å². The van der Waals surface area contributed by atoms with Crippen molar-refractivity contribution in [1.82, 2.24) is 0 Å². The first-order valence-electron chi connectivity index (χ1n) is 5.33. The summed E-state index contributed by atoms with van der Waals surface area (Å²) >= 11 is 0. The Morgan fingerprint density at radius 3 is 2.16 bits per heavy atom. The zero-order valence-corrected chi connectivity index (χ0v) is 9.58. The second kappa shape index (κ2) is 5.43. The molecular weight excluding hydrogens is 257 g/mol. The highest BCUT2D eigenvalue weighted by Crippen LogP contribution is 2.14. The maximum Gasteiger partial charge on any atom is 0.323 e. The molecule has 0 heterocycles. The van der Waals surface area contributed by atoms with Crippen molar-refractivity contribution in [1.29, 1.82) is 0 Å². The molecule has 3 nitrogen and oxygen atoms in total. The first-order valence-corrected chi connectivity index (χ1v) is 5.33. The lowest BCUT2D eigenvalue weighted by Gasteiger charge is -2.07. The second-order valence-corrected chi connectivity index (χ2v) is 3.72. The van der Waals surface area contributed by atoms with Gasteiger partial charge in [-0.25, -0.2) is 18.0 Å². The number of hydrogen-bond donors (Lipinski definition) is 2. The van der Waals surface area contributed by atoms with Crippen molar-refractivity contribution in [3.63, 3.8) is 0 Å². The molecule has 0 fully saturated rings. The summed E-state index contributed by atoms with van der Waals surface area (Å²) < 4.78 is 38.5. The molecule has 2 aromatic rings. The molecule has 19 heavy (non-hydrogen) atoms. The summed E-state index contributed by atoms with van der Waals surface area (Å²) in [5, 5.41) is 4.66. The molecule has 98 valence electrons. The van der Waals surface area contributed by atoms with Gasteiger partial charge < -0.3 is 10.6 Å². The molecule has 0 spiro atoms. The van der Waals surface area contributed by atoms with E-state index in [2.05, 4.69) is 10.6 Å². The number of hydrogen-bond acceptors (Lipinski definition) is 1. The molecule has 0 aliphatic carbocycles. The van der Waals surface area contributed by atoms with Crippen LogP contribution in [0.25, 0.3) is 0 Å². The molecule has 0 unspecified atom stereocenters. The maximum atomic E-state index is 12.9. The quantitative estimate of drug-likeness (QED) is 0.854. The third-order valence-electron chi connectivity index (χ3n) is 2.26. The van der Waals surface area contributed by atoms with Gasteiger partial charge in [-0.3, -0.25) is 0 Å². The van der Waals surface area contributed by atoms with Crippen LogP contribution in [0.4, 0.5) is 29.3 Å². The largest absolute Gasteiger partial charge is 0.323 e. The molecule has 0 saturated heterocycles. The van der Waals surface area contributed by atoms with Gasteiger partial charge in [-0.1, -0.05) is 6.07 Å². The Labute approximate surface area is 107 Å². The Balaban J connectivity index is 2.03. The number of carbonyl (C=O) groups excluding carboxylic acids is 1. The van der Waals surface area contributed by atoms with Crippen molar-refractivity contribution >= 4 is 17.4 Å². The molecule has 2 N–H and O–H groups in total. The van der Waals surface area contributed by atoms with Crippen LogP contribution in [-0.2, 0) is 0 Å². The number of carbonyl (C=O) groups is 1. The molecule has 2 amide bonds. The lowest BCUT2D eigenvalue weighted by atomic mass is 10.3. The summed E-state index contributed by atoms with van der Waals surface area (Å²) in [7, 11) is 0. The molecule has 6 heteroatoms. The molecule has 0 atom stereocenters. The first kappa shape index (κ1) is 12.9. The molecular formula is C13H9F3N2O. The van der Waals surface area contributed by atoms with E-state index in [1.54, 1.807) is 0 Å². The average molecular weight is 266 g/mol. The number of urea groups is 1. The van der Waals surface area contributed by atoms with Crippen LogP contribution in [0.2, 0.25) is 0 Å². The number of anilines is 2. The van der Waals surface area contributed by atoms with Crippen molar-refractivity contribution < 1.29 is 18.0 Å². The minimum atomic E-state index is -1.07. The van der Waals surface area contributed by atoms with Gasteiger partial charge in [-0.2, -0.15) is 0 Å². The van der Waals surface area contributed by atoms with Crippen molar-refractivity contribution in [2.24, 2.45) is 0 Å². The van der Waals surface area contributed by atoms with Gasteiger partial charge in [0.05, 0.1) is 0 Å². The fraction of sp³-hybridized carbons (Fsp3) is 0. The zero-order chi connectivity index (χ0) is 13.8. The summed E-state index contributed by atoms with van der Waals surface area (Å²) in [6, 6.07) is 7.56. The van der Waals surface area contributed by atoms with Crippen LogP contribution in [0.15, 0.2) is 42.5 Å². The Bertz CT molecular complexity index is 617. The van der Waals surface area contributed by atoms with Crippen LogP contribution in [0.3, 0.4) is 0 Å². The Kier molecular flexibility index (Phi) is 3.70. The molecule has 0 radical (unpaired) electrons. The van der Waals surface area contributed by atoms with Gasteiger partial charge in [-0.05, 0) is 30.3 Å². The Morgan fingerprint density at radius 2 is 1.53 bits per heavy atom. The fourth-order valence-electron chi connectivity index (χ4n) is 1.43. The van der Waals surface area contributed by atoms with Gasteiger partial charge in [0.1, 0.15) is 5.82 Å². The molecule has 2 aromatic carbocycles. The van der Waals surface area contributed by atoms with Crippen molar-refractivity contribution in [3.8, 4) is 0 Å². The number of amides is 2. The normalized spacial score (nSPS) is 10.1. The van der Waals surface area contributed by atoms with E-state index in [1.165, 1.54) is 24.3 Å². The van der Waals surface area contributed by atoms with Crippen molar-refractivity contribution in [2.75, 3.05) is 10.6 Å². The number of benzene rings is 2. The lowest BCUT2D eigenvalue weighted by molar-refractivity contribution is 0.262. The van der Waals surface area contributed by atoms with E-state index in [0.717, 1.165) is 18.2 Å². The van der Waals surface area contributed by atoms with Crippen molar-refractivity contribution in [3.05, 3.63) is 59.9 Å². The first-order chi connectivity index (χ1) is 9.04. The summed E-state index contributed by atoms with van der Waals surface area (Å²) in [5.41, 5.74) is 0.341. The van der Waals surface area contributed by atoms with E-state index in [9.17, 15) is 18.0 Å². The molecule has 0 bridgehead atoms. The lowest BCUT2D eigenvalue weighted by Crippen LogP contribution is -2.19. The monoisotopic (exact) mass is 266 g/mol. The minimum Gasteiger partial charge on any atom is -0.308 e. The van der Waals surface area contributed by atoms with Gasteiger partial charge in [0.2, 0.25) is 0 Å². The summed E-state index contributed by atoms with van der Waals surface area (Å²) in [6.07, 6.45) is 0. The van der Waals surface area contributed by atoms with E-state index in [1.807, 2.05) is 0 Å². The van der Waals surface area contributed by atoms with Crippen LogP contribution in [0.1, 0.15) is 0 Å². The van der Waals surface area contributed by atoms with E-state index < -0.39 is 23.5 Å². The van der Waals surface area contributed by atoms with Gasteiger partial charge >= 0.3 is 6.03 Å². The maximum absolute atomic E-state index is 12.9. The van der Waals surface area contributed by atoms with Gasteiger partial charge in [0, 0.05) is 17.4 Å². The zero-order valence-electron chi connectivity index (χ0n) is 9.58. The highest BCUT2D eigenvalue weighted by Gasteiger charge is 2.06. The Hall–Kier alpha value is -2.50. The van der Waals surface area contributed by atoms with E-state index in [0.29, 0.717) is 0 Å². The van der Waals surface area contributed by atoms with Crippen LogP contribution in [-0.4, -0.2) is 6.03 Å². The van der Waals surface area contributed by atoms with Crippen LogP contribution < -0.4 is 10.6 Å². The number of halogens is 3. The van der Waals surface area contributed by atoms with Crippen LogP contribution >= 0.6 is 0 Å². The topological polar surface area (TPSA) is 41.1 Å². The van der Waals surface area contributed by atoms with Crippen LogP contribution in [0, 0.1) is 17.5 Å². The molecule has 0 aromatic heterocycles. The van der Waals surface area contributed by atoms with E-state index in [4.69, 9.17) is 0 Å². The van der Waals surface area contributed by atoms with Gasteiger partial charge in [0.15, 0.2) is 11.6 Å². The van der Waals surface area contributed by atoms with Crippen molar-refractivity contribution in [2.45, 2.75) is 0 Å². The summed E-state index contributed by atoms with van der Waals surface area (Å²) in [4.78, 5) is 11.5. The second-order valence-electron chi connectivity index (χ2n) is 3.72. The SMILES string of the molecule is O=C(Nc1cccc(F)c1)Nc1ccc(F)c(F)c1. The summed E-state index contributed by atoms with van der Waals surface area (Å²) in [5.74, 6) is -2.56.